The molecular weight excluding hydrogens is 478 g/mol. The van der Waals surface area contributed by atoms with Crippen molar-refractivity contribution in [1.29, 1.82) is 0 Å². The zero-order valence-corrected chi connectivity index (χ0v) is 21.9. The second kappa shape index (κ2) is 8.86. The molecule has 1 aliphatic carbocycles. The van der Waals surface area contributed by atoms with Crippen LogP contribution in [0.25, 0.3) is 0 Å². The number of anilines is 1. The molecule has 6 aliphatic rings. The third kappa shape index (κ3) is 3.85. The number of Topliss-reactive ketones (excluding diaryl/α,β-unsaturated/α-hetero) is 1. The minimum absolute atomic E-state index is 0.0705. The molecule has 7 rings (SSSR count). The van der Waals surface area contributed by atoms with E-state index in [0.29, 0.717) is 23.6 Å². The SMILES string of the molecule is Cc1ccc2c(c1)C(=O)C(=O)N2CCCC(=O)OC1O[C@@H]2O[C@@]3(C)CC[C@H]4[C@H](C)CC[C@@H]([C@H]1C)[C@@]24OO3. The maximum absolute atomic E-state index is 12.9. The number of fused-ring (bicyclic) bond motifs is 3. The Morgan fingerprint density at radius 1 is 1.14 bits per heavy atom. The summed E-state index contributed by atoms with van der Waals surface area (Å²) in [6.45, 7) is 8.30. The number of esters is 1. The molecule has 1 unspecified atom stereocenters. The molecule has 37 heavy (non-hydrogen) atoms. The Balaban J connectivity index is 1.11. The zero-order valence-electron chi connectivity index (χ0n) is 21.9. The Morgan fingerprint density at radius 2 is 1.95 bits per heavy atom. The van der Waals surface area contributed by atoms with Crippen molar-refractivity contribution in [3.05, 3.63) is 29.3 Å². The van der Waals surface area contributed by atoms with Gasteiger partial charge in [-0.05, 0) is 63.5 Å². The summed E-state index contributed by atoms with van der Waals surface area (Å²) in [7, 11) is 0. The van der Waals surface area contributed by atoms with Gasteiger partial charge in [0.05, 0.1) is 11.3 Å². The van der Waals surface area contributed by atoms with Crippen LogP contribution in [0.4, 0.5) is 5.69 Å². The fourth-order valence-corrected chi connectivity index (χ4v) is 7.21. The van der Waals surface area contributed by atoms with E-state index in [4.69, 9.17) is 24.0 Å². The Bertz CT molecular complexity index is 1140. The molecule has 0 radical (unpaired) electrons. The predicted octanol–water partition coefficient (Wildman–Crippen LogP) is 4.06. The number of hydrogen-bond donors (Lipinski definition) is 0. The number of aryl methyl sites for hydroxylation is 1. The van der Waals surface area contributed by atoms with E-state index in [0.717, 1.165) is 31.2 Å². The van der Waals surface area contributed by atoms with Crippen LogP contribution >= 0.6 is 0 Å². The molecule has 4 saturated heterocycles. The summed E-state index contributed by atoms with van der Waals surface area (Å²) < 4.78 is 18.5. The predicted molar refractivity (Wildman–Crippen MR) is 130 cm³/mol. The maximum Gasteiger partial charge on any atom is 0.308 e. The van der Waals surface area contributed by atoms with Gasteiger partial charge >= 0.3 is 5.97 Å². The highest BCUT2D eigenvalue weighted by Gasteiger charge is 2.69. The smallest absolute Gasteiger partial charge is 0.308 e. The fourth-order valence-electron chi connectivity index (χ4n) is 7.21. The molecule has 5 aliphatic heterocycles. The van der Waals surface area contributed by atoms with Crippen LogP contribution in [0.1, 0.15) is 75.2 Å². The van der Waals surface area contributed by atoms with E-state index < -0.39 is 41.6 Å². The van der Waals surface area contributed by atoms with E-state index in [9.17, 15) is 14.4 Å². The van der Waals surface area contributed by atoms with Gasteiger partial charge in [0.1, 0.15) is 0 Å². The third-order valence-corrected chi connectivity index (χ3v) is 9.23. The first-order valence-electron chi connectivity index (χ1n) is 13.5. The van der Waals surface area contributed by atoms with Gasteiger partial charge in [0.2, 0.25) is 12.1 Å². The summed E-state index contributed by atoms with van der Waals surface area (Å²) in [5.41, 5.74) is 1.23. The number of carbonyl (C=O) groups excluding carboxylic acids is 3. The van der Waals surface area contributed by atoms with Gasteiger partial charge in [-0.2, -0.15) is 0 Å². The second-order valence-electron chi connectivity index (χ2n) is 11.7. The minimum atomic E-state index is -0.888. The van der Waals surface area contributed by atoms with Gasteiger partial charge in [-0.15, -0.1) is 0 Å². The average Bonchev–Trinajstić information content (AvgIpc) is 2.97. The summed E-state index contributed by atoms with van der Waals surface area (Å²) in [5, 5.41) is 0. The van der Waals surface area contributed by atoms with Crippen molar-refractivity contribution in [1.82, 2.24) is 0 Å². The Labute approximate surface area is 216 Å². The number of ether oxygens (including phenoxy) is 3. The molecule has 200 valence electrons. The molecular formula is C28H35NO8. The van der Waals surface area contributed by atoms with Gasteiger partial charge in [0, 0.05) is 31.2 Å². The first-order chi connectivity index (χ1) is 17.6. The first-order valence-corrected chi connectivity index (χ1v) is 13.5. The van der Waals surface area contributed by atoms with E-state index in [1.807, 2.05) is 26.8 Å². The summed E-state index contributed by atoms with van der Waals surface area (Å²) in [5.74, 6) is -1.68. The van der Waals surface area contributed by atoms with Crippen LogP contribution in [-0.4, -0.2) is 48.2 Å². The standard InChI is InChI=1S/C28H35NO8/c1-15-7-10-21-18(14-15)23(31)24(32)29(21)13-5-6-22(30)33-25-17(3)20-9-8-16(2)19-11-12-27(4)35-26(34-25)28(19,20)37-36-27/h7,10,14,16-17,19-20,25-26H,5-6,8-9,11-13H2,1-4H3/t16-,17-,19+,20+,25?,26-,27-,28-/m1/s1. The summed E-state index contributed by atoms with van der Waals surface area (Å²) in [4.78, 5) is 51.1. The molecule has 1 saturated carbocycles. The maximum atomic E-state index is 12.9. The van der Waals surface area contributed by atoms with E-state index in [-0.39, 0.29) is 30.7 Å². The van der Waals surface area contributed by atoms with Gasteiger partial charge in [-0.3, -0.25) is 14.4 Å². The number of ketones is 1. The van der Waals surface area contributed by atoms with Crippen molar-refractivity contribution >= 4 is 23.3 Å². The molecule has 1 spiro atoms. The number of carbonyl (C=O) groups is 3. The monoisotopic (exact) mass is 513 g/mol. The van der Waals surface area contributed by atoms with Crippen LogP contribution in [0, 0.1) is 30.6 Å². The van der Waals surface area contributed by atoms with Crippen molar-refractivity contribution < 1.29 is 38.4 Å². The Hall–Kier alpha value is -2.33. The summed E-state index contributed by atoms with van der Waals surface area (Å²) in [6.07, 6.45) is 2.68. The van der Waals surface area contributed by atoms with Gasteiger partial charge in [-0.1, -0.05) is 25.5 Å². The molecule has 9 heteroatoms. The Morgan fingerprint density at radius 3 is 2.76 bits per heavy atom. The highest BCUT2D eigenvalue weighted by Crippen LogP contribution is 2.60. The largest absolute Gasteiger partial charge is 0.435 e. The second-order valence-corrected chi connectivity index (χ2v) is 11.7. The molecule has 0 aromatic heterocycles. The molecule has 8 atom stereocenters. The van der Waals surface area contributed by atoms with Gasteiger partial charge in [0.15, 0.2) is 11.9 Å². The van der Waals surface area contributed by atoms with Gasteiger partial charge in [0.25, 0.3) is 11.7 Å². The molecule has 5 heterocycles. The average molecular weight is 514 g/mol. The number of amides is 1. The molecule has 1 aromatic carbocycles. The molecule has 1 amide bonds. The zero-order chi connectivity index (χ0) is 26.1. The topological polar surface area (TPSA) is 101 Å². The van der Waals surface area contributed by atoms with Crippen molar-refractivity contribution in [3.8, 4) is 0 Å². The summed E-state index contributed by atoms with van der Waals surface area (Å²) in [6, 6.07) is 5.38. The normalized spacial score (nSPS) is 40.3. The van der Waals surface area contributed by atoms with E-state index in [2.05, 4.69) is 6.92 Å². The first kappa shape index (κ1) is 25.0. The lowest BCUT2D eigenvalue weighted by Gasteiger charge is -2.59. The highest BCUT2D eigenvalue weighted by molar-refractivity contribution is 6.52. The number of nitrogens with zero attached hydrogens (tertiary/aromatic N) is 1. The quantitative estimate of drug-likeness (QED) is 0.330. The lowest BCUT2D eigenvalue weighted by Crippen LogP contribution is -2.70. The van der Waals surface area contributed by atoms with Crippen LogP contribution in [0.3, 0.4) is 0 Å². The van der Waals surface area contributed by atoms with E-state index in [1.54, 1.807) is 12.1 Å². The van der Waals surface area contributed by atoms with Crippen LogP contribution in [0.2, 0.25) is 0 Å². The summed E-state index contributed by atoms with van der Waals surface area (Å²) >= 11 is 0. The molecule has 9 nitrogen and oxygen atoms in total. The lowest BCUT2D eigenvalue weighted by atomic mass is 9.58. The van der Waals surface area contributed by atoms with Crippen molar-refractivity contribution in [3.63, 3.8) is 0 Å². The molecule has 5 fully saturated rings. The molecule has 2 bridgehead atoms. The van der Waals surface area contributed by atoms with Crippen molar-refractivity contribution in [2.45, 2.75) is 90.2 Å². The number of rotatable bonds is 5. The fraction of sp³-hybridized carbons (Fsp3) is 0.679. The minimum Gasteiger partial charge on any atom is -0.435 e. The van der Waals surface area contributed by atoms with Gasteiger partial charge < -0.3 is 19.1 Å². The van der Waals surface area contributed by atoms with Crippen LogP contribution in [0.15, 0.2) is 18.2 Å². The van der Waals surface area contributed by atoms with Crippen LogP contribution in [-0.2, 0) is 33.6 Å². The molecule has 1 aromatic rings. The van der Waals surface area contributed by atoms with E-state index >= 15 is 0 Å². The third-order valence-electron chi connectivity index (χ3n) is 9.23. The molecule has 0 N–H and O–H groups in total. The Kier molecular flexibility index (Phi) is 5.98. The highest BCUT2D eigenvalue weighted by atomic mass is 17.3. The van der Waals surface area contributed by atoms with Crippen LogP contribution in [0.5, 0.6) is 0 Å². The van der Waals surface area contributed by atoms with Gasteiger partial charge in [-0.25, -0.2) is 9.78 Å². The van der Waals surface area contributed by atoms with Crippen molar-refractivity contribution in [2.75, 3.05) is 11.4 Å². The van der Waals surface area contributed by atoms with E-state index in [1.165, 1.54) is 4.90 Å². The van der Waals surface area contributed by atoms with Crippen molar-refractivity contribution in [2.24, 2.45) is 23.7 Å². The lowest BCUT2D eigenvalue weighted by molar-refractivity contribution is -0.576. The van der Waals surface area contributed by atoms with Crippen LogP contribution < -0.4 is 4.90 Å². The number of hydrogen-bond acceptors (Lipinski definition) is 8. The number of benzene rings is 1.